The number of aliphatic hydroxyl groups excluding tert-OH is 2. The van der Waals surface area contributed by atoms with E-state index in [0.717, 1.165) is 50.7 Å². The van der Waals surface area contributed by atoms with Gasteiger partial charge in [-0.05, 0) is 99.0 Å². The van der Waals surface area contributed by atoms with Crippen LogP contribution < -0.4 is 0 Å². The molecule has 32 heavy (non-hydrogen) atoms. The van der Waals surface area contributed by atoms with Crippen molar-refractivity contribution in [1.82, 2.24) is 0 Å². The standard InChI is InChI=1S/C27H42O5/c1-16(6-7-17-5-4-12-32-17)18-9-11-27(31)20-13-22(28)21-14-23(29)24(30)15-25(21,2)19(20)8-10-26(18,27)3/h13,16-19,21,23-24,29-31H,4-12,14-15H2,1-3H3/t16?,17?,18-,19?,21+,23-,24+,25-,26-,27-/m1/s1. The third-order valence-corrected chi connectivity index (χ3v) is 10.8. The number of ether oxygens (including phenoxy) is 1. The van der Waals surface area contributed by atoms with E-state index >= 15 is 0 Å². The second-order valence-electron chi connectivity index (χ2n) is 12.3. The summed E-state index contributed by atoms with van der Waals surface area (Å²) < 4.78 is 5.84. The number of ketones is 1. The minimum Gasteiger partial charge on any atom is -0.390 e. The third-order valence-electron chi connectivity index (χ3n) is 10.8. The van der Waals surface area contributed by atoms with Crippen LogP contribution >= 0.6 is 0 Å². The highest BCUT2D eigenvalue weighted by Crippen LogP contribution is 2.68. The Labute approximate surface area is 192 Å². The number of carbonyl (C=O) groups is 1. The monoisotopic (exact) mass is 446 g/mol. The second kappa shape index (κ2) is 7.90. The molecule has 5 nitrogen and oxygen atoms in total. The minimum absolute atomic E-state index is 0.0391. The molecule has 1 heterocycles. The fourth-order valence-corrected chi connectivity index (χ4v) is 8.85. The summed E-state index contributed by atoms with van der Waals surface area (Å²) in [5, 5.41) is 32.9. The molecule has 1 saturated heterocycles. The van der Waals surface area contributed by atoms with E-state index in [9.17, 15) is 20.1 Å². The summed E-state index contributed by atoms with van der Waals surface area (Å²) in [5.41, 5.74) is -0.613. The highest BCUT2D eigenvalue weighted by atomic mass is 16.5. The van der Waals surface area contributed by atoms with Gasteiger partial charge >= 0.3 is 0 Å². The van der Waals surface area contributed by atoms with E-state index in [4.69, 9.17) is 4.74 Å². The van der Waals surface area contributed by atoms with Crippen molar-refractivity contribution in [2.45, 2.75) is 109 Å². The molecule has 0 bridgehead atoms. The highest BCUT2D eigenvalue weighted by Gasteiger charge is 2.66. The lowest BCUT2D eigenvalue weighted by atomic mass is 9.46. The van der Waals surface area contributed by atoms with Crippen molar-refractivity contribution in [2.24, 2.45) is 34.5 Å². The van der Waals surface area contributed by atoms with Crippen LogP contribution in [0.1, 0.15) is 85.0 Å². The second-order valence-corrected chi connectivity index (χ2v) is 12.3. The zero-order valence-electron chi connectivity index (χ0n) is 20.1. The summed E-state index contributed by atoms with van der Waals surface area (Å²) >= 11 is 0. The van der Waals surface area contributed by atoms with Crippen LogP contribution in [0.4, 0.5) is 0 Å². The molecule has 4 fully saturated rings. The molecule has 0 spiro atoms. The molecule has 1 aliphatic heterocycles. The Hall–Kier alpha value is -0.750. The lowest BCUT2D eigenvalue weighted by Gasteiger charge is -2.60. The van der Waals surface area contributed by atoms with Crippen molar-refractivity contribution in [1.29, 1.82) is 0 Å². The molecule has 5 aliphatic rings. The molecule has 10 atom stereocenters. The average molecular weight is 447 g/mol. The highest BCUT2D eigenvalue weighted by molar-refractivity contribution is 5.95. The molecular weight excluding hydrogens is 404 g/mol. The lowest BCUT2D eigenvalue weighted by molar-refractivity contribution is -0.153. The molecule has 3 saturated carbocycles. The smallest absolute Gasteiger partial charge is 0.159 e. The first-order valence-corrected chi connectivity index (χ1v) is 13.1. The van der Waals surface area contributed by atoms with Gasteiger partial charge in [0.1, 0.15) is 0 Å². The Morgan fingerprint density at radius 1 is 1.12 bits per heavy atom. The average Bonchev–Trinajstić information content (AvgIpc) is 3.35. The number of fused-ring (bicyclic) bond motifs is 5. The Morgan fingerprint density at radius 2 is 1.91 bits per heavy atom. The predicted octanol–water partition coefficient (Wildman–Crippen LogP) is 3.79. The number of allylic oxidation sites excluding steroid dienone is 1. The molecule has 4 aliphatic carbocycles. The Morgan fingerprint density at radius 3 is 2.62 bits per heavy atom. The van der Waals surface area contributed by atoms with Crippen molar-refractivity contribution in [2.75, 3.05) is 6.61 Å². The van der Waals surface area contributed by atoms with Crippen molar-refractivity contribution in [3.05, 3.63) is 11.6 Å². The first kappa shape index (κ1) is 23.0. The number of hydrogen-bond donors (Lipinski definition) is 3. The number of hydrogen-bond acceptors (Lipinski definition) is 5. The van der Waals surface area contributed by atoms with Crippen LogP contribution in [-0.4, -0.2) is 51.6 Å². The quantitative estimate of drug-likeness (QED) is 0.612. The summed E-state index contributed by atoms with van der Waals surface area (Å²) in [6.45, 7) is 7.63. The third kappa shape index (κ3) is 3.21. The SMILES string of the molecule is CC(CCC1CCCO1)[C@H]1CC[C@@]2(O)C3=CC(=O)[C@@H]4C[C@@H](O)[C@@H](O)C[C@]4(C)C3CC[C@]12C. The number of rotatable bonds is 4. The van der Waals surface area contributed by atoms with Crippen LogP contribution in [0.5, 0.6) is 0 Å². The van der Waals surface area contributed by atoms with E-state index < -0.39 is 17.8 Å². The van der Waals surface area contributed by atoms with Gasteiger partial charge in [0, 0.05) is 17.9 Å². The fourth-order valence-electron chi connectivity index (χ4n) is 8.85. The van der Waals surface area contributed by atoms with Crippen molar-refractivity contribution >= 4 is 5.78 Å². The molecule has 0 amide bonds. The lowest BCUT2D eigenvalue weighted by Crippen LogP contribution is -2.60. The van der Waals surface area contributed by atoms with E-state index in [2.05, 4.69) is 20.8 Å². The number of carbonyl (C=O) groups excluding carboxylic acids is 1. The van der Waals surface area contributed by atoms with Crippen molar-refractivity contribution < 1.29 is 24.9 Å². The summed E-state index contributed by atoms with van der Waals surface area (Å²) in [7, 11) is 0. The zero-order valence-corrected chi connectivity index (χ0v) is 20.1. The van der Waals surface area contributed by atoms with E-state index in [1.165, 1.54) is 12.8 Å². The molecule has 0 radical (unpaired) electrons. The molecule has 180 valence electrons. The Balaban J connectivity index is 1.41. The largest absolute Gasteiger partial charge is 0.390 e. The summed E-state index contributed by atoms with van der Waals surface area (Å²) in [6, 6.07) is 0. The number of aliphatic hydroxyl groups is 3. The predicted molar refractivity (Wildman–Crippen MR) is 122 cm³/mol. The molecule has 0 aromatic heterocycles. The first-order valence-electron chi connectivity index (χ1n) is 13.1. The van der Waals surface area contributed by atoms with Gasteiger partial charge in [-0.2, -0.15) is 0 Å². The fraction of sp³-hybridized carbons (Fsp3) is 0.889. The van der Waals surface area contributed by atoms with E-state index in [0.29, 0.717) is 30.8 Å². The van der Waals surface area contributed by atoms with Crippen LogP contribution in [0.2, 0.25) is 0 Å². The van der Waals surface area contributed by atoms with E-state index in [1.54, 1.807) is 6.08 Å². The van der Waals surface area contributed by atoms with Crippen LogP contribution in [0.15, 0.2) is 11.6 Å². The normalized spacial score (nSPS) is 51.6. The Bertz CT molecular complexity index is 787. The van der Waals surface area contributed by atoms with Crippen molar-refractivity contribution in [3.8, 4) is 0 Å². The van der Waals surface area contributed by atoms with Gasteiger partial charge in [0.05, 0.1) is 23.9 Å². The summed E-state index contributed by atoms with van der Waals surface area (Å²) in [6.07, 6.45) is 9.52. The molecule has 3 unspecified atom stereocenters. The summed E-state index contributed by atoms with van der Waals surface area (Å²) in [5.74, 6) is 0.841. The van der Waals surface area contributed by atoms with Gasteiger partial charge in [-0.1, -0.05) is 20.8 Å². The minimum atomic E-state index is -0.941. The van der Waals surface area contributed by atoms with Crippen molar-refractivity contribution in [3.63, 3.8) is 0 Å². The molecule has 5 rings (SSSR count). The van der Waals surface area contributed by atoms with Gasteiger partial charge in [0.2, 0.25) is 0 Å². The van der Waals surface area contributed by atoms with Gasteiger partial charge in [-0.15, -0.1) is 0 Å². The van der Waals surface area contributed by atoms with Gasteiger partial charge in [-0.3, -0.25) is 4.79 Å². The van der Waals surface area contributed by atoms with E-state index in [1.807, 2.05) is 0 Å². The maximum Gasteiger partial charge on any atom is 0.159 e. The molecule has 0 aromatic rings. The van der Waals surface area contributed by atoms with Gasteiger partial charge in [0.25, 0.3) is 0 Å². The maximum absolute atomic E-state index is 13.2. The van der Waals surface area contributed by atoms with Crippen LogP contribution in [0.25, 0.3) is 0 Å². The van der Waals surface area contributed by atoms with Crippen LogP contribution in [-0.2, 0) is 9.53 Å². The molecular formula is C27H42O5. The van der Waals surface area contributed by atoms with Crippen LogP contribution in [0.3, 0.4) is 0 Å². The van der Waals surface area contributed by atoms with Gasteiger partial charge < -0.3 is 20.1 Å². The Kier molecular flexibility index (Phi) is 5.68. The van der Waals surface area contributed by atoms with E-state index in [-0.39, 0.29) is 28.4 Å². The van der Waals surface area contributed by atoms with Crippen LogP contribution in [0, 0.1) is 34.5 Å². The zero-order chi connectivity index (χ0) is 22.9. The van der Waals surface area contributed by atoms with Gasteiger partial charge in [0.15, 0.2) is 5.78 Å². The summed E-state index contributed by atoms with van der Waals surface area (Å²) in [4.78, 5) is 13.2. The van der Waals surface area contributed by atoms with Gasteiger partial charge in [-0.25, -0.2) is 0 Å². The maximum atomic E-state index is 13.2. The molecule has 0 aromatic carbocycles. The molecule has 5 heteroatoms. The molecule has 3 N–H and O–H groups in total. The first-order chi connectivity index (χ1) is 15.1. The topological polar surface area (TPSA) is 87.0 Å².